The van der Waals surface area contributed by atoms with Crippen LogP contribution in [0.15, 0.2) is 23.8 Å². The quantitative estimate of drug-likeness (QED) is 0.634. The molecule has 0 saturated heterocycles. The van der Waals surface area contributed by atoms with Crippen LogP contribution in [0.4, 0.5) is 0 Å². The number of carbonyl (C=O) groups is 1. The molecule has 0 aromatic carbocycles. The number of ketones is 1. The van der Waals surface area contributed by atoms with Gasteiger partial charge in [0.05, 0.1) is 0 Å². The number of likely N-dealkylation sites (N-methyl/N-ethyl adjacent to an activating group) is 1. The number of hydrogen-bond acceptors (Lipinski definition) is 2. The van der Waals surface area contributed by atoms with Gasteiger partial charge < -0.3 is 4.90 Å². The largest absolute Gasteiger partial charge is 0.305 e. The van der Waals surface area contributed by atoms with Gasteiger partial charge in [-0.25, -0.2) is 0 Å². The Labute approximate surface area is 90.6 Å². The smallest absolute Gasteiger partial charge is 0.164 e. The summed E-state index contributed by atoms with van der Waals surface area (Å²) in [6.45, 7) is 0.811. The second-order valence-electron chi connectivity index (χ2n) is 5.35. The minimum absolute atomic E-state index is 0.301. The van der Waals surface area contributed by atoms with Gasteiger partial charge in [0.1, 0.15) is 0 Å². The SMILES string of the molecule is CN(C)CC1=C[C@@H]2[C@H](C1=O)[C@H]1C=C[C@@H]2C1. The van der Waals surface area contributed by atoms with Crippen molar-refractivity contribution >= 4 is 5.78 Å². The zero-order chi connectivity index (χ0) is 10.6. The summed E-state index contributed by atoms with van der Waals surface area (Å²) in [4.78, 5) is 14.3. The fraction of sp³-hybridized carbons (Fsp3) is 0.615. The zero-order valence-corrected chi connectivity index (χ0v) is 9.31. The van der Waals surface area contributed by atoms with Crippen molar-refractivity contribution in [1.29, 1.82) is 0 Å². The molecule has 2 bridgehead atoms. The molecule has 0 aliphatic heterocycles. The average Bonchev–Trinajstić information content (AvgIpc) is 2.79. The highest BCUT2D eigenvalue weighted by molar-refractivity contribution is 6.01. The molecule has 15 heavy (non-hydrogen) atoms. The summed E-state index contributed by atoms with van der Waals surface area (Å²) in [5.74, 6) is 2.45. The van der Waals surface area contributed by atoms with Gasteiger partial charge >= 0.3 is 0 Å². The minimum Gasteiger partial charge on any atom is -0.305 e. The van der Waals surface area contributed by atoms with Crippen LogP contribution in [0.5, 0.6) is 0 Å². The monoisotopic (exact) mass is 203 g/mol. The third-order valence-corrected chi connectivity index (χ3v) is 4.02. The lowest BCUT2D eigenvalue weighted by atomic mass is 9.85. The van der Waals surface area contributed by atoms with Crippen LogP contribution in [-0.2, 0) is 4.79 Å². The highest BCUT2D eigenvalue weighted by atomic mass is 16.1. The Morgan fingerprint density at radius 2 is 2.07 bits per heavy atom. The summed E-state index contributed by atoms with van der Waals surface area (Å²) in [5, 5.41) is 0. The van der Waals surface area contributed by atoms with E-state index < -0.39 is 0 Å². The third kappa shape index (κ3) is 1.24. The van der Waals surface area contributed by atoms with Crippen LogP contribution in [0.2, 0.25) is 0 Å². The summed E-state index contributed by atoms with van der Waals surface area (Å²) in [5.41, 5.74) is 1.05. The molecule has 80 valence electrons. The lowest BCUT2D eigenvalue weighted by Gasteiger charge is -2.18. The van der Waals surface area contributed by atoms with Crippen LogP contribution < -0.4 is 0 Å². The first-order valence-corrected chi connectivity index (χ1v) is 5.75. The van der Waals surface area contributed by atoms with Crippen LogP contribution in [-0.4, -0.2) is 31.3 Å². The maximum Gasteiger partial charge on any atom is 0.164 e. The molecule has 0 spiro atoms. The maximum absolute atomic E-state index is 12.2. The van der Waals surface area contributed by atoms with Gasteiger partial charge in [-0.1, -0.05) is 18.2 Å². The Hall–Kier alpha value is -0.890. The fourth-order valence-electron chi connectivity index (χ4n) is 3.46. The van der Waals surface area contributed by atoms with Crippen molar-refractivity contribution in [2.24, 2.45) is 23.7 Å². The summed E-state index contributed by atoms with van der Waals surface area (Å²) in [6.07, 6.45) is 8.04. The molecule has 4 atom stereocenters. The van der Waals surface area contributed by atoms with Gasteiger partial charge in [0.15, 0.2) is 5.78 Å². The summed E-state index contributed by atoms with van der Waals surface area (Å²) >= 11 is 0. The molecule has 0 unspecified atom stereocenters. The van der Waals surface area contributed by atoms with Crippen LogP contribution in [0, 0.1) is 23.7 Å². The normalized spacial score (nSPS) is 41.5. The number of carbonyl (C=O) groups excluding carboxylic acids is 1. The predicted octanol–water partition coefficient (Wildman–Crippen LogP) is 1.50. The Balaban J connectivity index is 1.86. The van der Waals surface area contributed by atoms with E-state index in [1.165, 1.54) is 6.42 Å². The topological polar surface area (TPSA) is 20.3 Å². The molecular formula is C13H17NO. The second-order valence-corrected chi connectivity index (χ2v) is 5.35. The van der Waals surface area contributed by atoms with E-state index in [9.17, 15) is 4.79 Å². The number of rotatable bonds is 2. The number of Topliss-reactive ketones (excluding diaryl/α,β-unsaturated/α-hetero) is 1. The van der Waals surface area contributed by atoms with Gasteiger partial charge in [0, 0.05) is 18.0 Å². The van der Waals surface area contributed by atoms with E-state index in [2.05, 4.69) is 23.1 Å². The second kappa shape index (κ2) is 3.05. The van der Waals surface area contributed by atoms with E-state index in [4.69, 9.17) is 0 Å². The minimum atomic E-state index is 0.301. The molecule has 3 rings (SSSR count). The van der Waals surface area contributed by atoms with Crippen LogP contribution >= 0.6 is 0 Å². The Morgan fingerprint density at radius 3 is 2.73 bits per heavy atom. The Bertz CT molecular complexity index is 367. The van der Waals surface area contributed by atoms with Gasteiger partial charge in [0.2, 0.25) is 0 Å². The number of allylic oxidation sites excluding steroid dienone is 3. The first kappa shape index (κ1) is 9.34. The van der Waals surface area contributed by atoms with E-state index in [0.29, 0.717) is 29.5 Å². The zero-order valence-electron chi connectivity index (χ0n) is 9.31. The van der Waals surface area contributed by atoms with Gasteiger partial charge in [-0.2, -0.15) is 0 Å². The van der Waals surface area contributed by atoms with Gasteiger partial charge in [-0.15, -0.1) is 0 Å². The predicted molar refractivity (Wildman–Crippen MR) is 59.4 cm³/mol. The molecule has 0 amide bonds. The maximum atomic E-state index is 12.2. The highest BCUT2D eigenvalue weighted by Gasteiger charge is 2.50. The summed E-state index contributed by atoms with van der Waals surface area (Å²) < 4.78 is 0. The van der Waals surface area contributed by atoms with Crippen molar-refractivity contribution in [3.8, 4) is 0 Å². The third-order valence-electron chi connectivity index (χ3n) is 4.02. The van der Waals surface area contributed by atoms with Crippen LogP contribution in [0.25, 0.3) is 0 Å². The first-order chi connectivity index (χ1) is 7.16. The fourth-order valence-corrected chi connectivity index (χ4v) is 3.46. The summed E-state index contributed by atoms with van der Waals surface area (Å²) in [7, 11) is 4.05. The van der Waals surface area contributed by atoms with Crippen molar-refractivity contribution < 1.29 is 4.79 Å². The van der Waals surface area contributed by atoms with Crippen molar-refractivity contribution in [1.82, 2.24) is 4.90 Å². The van der Waals surface area contributed by atoms with E-state index in [-0.39, 0.29) is 0 Å². The molecule has 1 fully saturated rings. The average molecular weight is 203 g/mol. The highest BCUT2D eigenvalue weighted by Crippen LogP contribution is 2.52. The Kier molecular flexibility index (Phi) is 1.90. The molecule has 0 aromatic heterocycles. The lowest BCUT2D eigenvalue weighted by molar-refractivity contribution is -0.119. The molecule has 0 heterocycles. The molecule has 3 aliphatic carbocycles. The van der Waals surface area contributed by atoms with Crippen LogP contribution in [0.1, 0.15) is 6.42 Å². The molecule has 2 nitrogen and oxygen atoms in total. The van der Waals surface area contributed by atoms with E-state index in [1.54, 1.807) is 0 Å². The molecule has 0 N–H and O–H groups in total. The molecular weight excluding hydrogens is 186 g/mol. The van der Waals surface area contributed by atoms with E-state index >= 15 is 0 Å². The lowest BCUT2D eigenvalue weighted by Crippen LogP contribution is -2.24. The van der Waals surface area contributed by atoms with Crippen LogP contribution in [0.3, 0.4) is 0 Å². The van der Waals surface area contributed by atoms with Crippen molar-refractivity contribution in [2.75, 3.05) is 20.6 Å². The molecule has 3 aliphatic rings. The number of fused-ring (bicyclic) bond motifs is 5. The molecule has 0 aromatic rings. The van der Waals surface area contributed by atoms with Crippen molar-refractivity contribution in [2.45, 2.75) is 6.42 Å². The molecule has 0 radical (unpaired) electrons. The summed E-state index contributed by atoms with van der Waals surface area (Å²) in [6, 6.07) is 0. The number of nitrogens with zero attached hydrogens (tertiary/aromatic N) is 1. The van der Waals surface area contributed by atoms with Gasteiger partial charge in [-0.3, -0.25) is 4.79 Å². The number of hydrogen-bond donors (Lipinski definition) is 0. The van der Waals surface area contributed by atoms with Crippen molar-refractivity contribution in [3.63, 3.8) is 0 Å². The Morgan fingerprint density at radius 1 is 1.33 bits per heavy atom. The van der Waals surface area contributed by atoms with E-state index in [1.807, 2.05) is 14.1 Å². The van der Waals surface area contributed by atoms with Gasteiger partial charge in [-0.05, 0) is 38.3 Å². The first-order valence-electron chi connectivity index (χ1n) is 5.75. The standard InChI is InChI=1S/C13H17NO/c1-14(2)7-10-6-11-8-3-4-9(5-8)12(11)13(10)15/h3-4,6,8-9,11-12H,5,7H2,1-2H3/t8-,9+,11+,12-/m1/s1. The van der Waals surface area contributed by atoms with E-state index in [0.717, 1.165) is 12.1 Å². The molecule has 2 heteroatoms. The van der Waals surface area contributed by atoms with Crippen molar-refractivity contribution in [3.05, 3.63) is 23.8 Å². The van der Waals surface area contributed by atoms with Gasteiger partial charge in [0.25, 0.3) is 0 Å². The molecule has 1 saturated carbocycles.